The van der Waals surface area contributed by atoms with Crippen molar-refractivity contribution in [2.24, 2.45) is 0 Å². The van der Waals surface area contributed by atoms with Gasteiger partial charge in [0.15, 0.2) is 0 Å². The van der Waals surface area contributed by atoms with Crippen LogP contribution in [0, 0.1) is 0 Å². The largest absolute Gasteiger partial charge is 0.309 e. The lowest BCUT2D eigenvalue weighted by Gasteiger charge is -2.13. The van der Waals surface area contributed by atoms with Crippen molar-refractivity contribution in [1.29, 1.82) is 0 Å². The average molecular weight is 588 g/mol. The summed E-state index contributed by atoms with van der Waals surface area (Å²) >= 11 is 0. The molecule has 0 unspecified atom stereocenters. The Kier molecular flexibility index (Phi) is 5.81. The van der Waals surface area contributed by atoms with E-state index < -0.39 is 0 Å². The first-order chi connectivity index (χ1) is 22.7. The predicted octanol–water partition coefficient (Wildman–Crippen LogP) is 9.45. The topological polar surface area (TPSA) is 22.2 Å². The van der Waals surface area contributed by atoms with Gasteiger partial charge < -0.3 is 4.40 Å². The molecule has 0 aliphatic heterocycles. The van der Waals surface area contributed by atoms with Gasteiger partial charge in [0.2, 0.25) is 0 Å². The lowest BCUT2D eigenvalue weighted by atomic mass is 10.0. The van der Waals surface area contributed by atoms with Gasteiger partial charge in [0.1, 0.15) is 5.82 Å². The highest BCUT2D eigenvalue weighted by atomic mass is 15.1. The summed E-state index contributed by atoms with van der Waals surface area (Å²) in [5.74, 6) is 0.837. The summed E-state index contributed by atoms with van der Waals surface area (Å²) in [5.41, 5.74) is 8.82. The van der Waals surface area contributed by atoms with Crippen LogP contribution in [0.1, 0.15) is 0 Å². The normalized spacial score (nSPS) is 12.2. The molecule has 0 aliphatic rings. The summed E-state index contributed by atoms with van der Waals surface area (Å²) in [4.78, 5) is 5.30. The van der Waals surface area contributed by atoms with Crippen LogP contribution in [0.5, 0.6) is 0 Å². The molecule has 5 aromatic carbocycles. The Hall–Kier alpha value is -6.19. The number of benzene rings is 5. The Morgan fingerprint density at radius 2 is 1.17 bits per heavy atom. The van der Waals surface area contributed by atoms with E-state index in [0.29, 0.717) is 0 Å². The maximum Gasteiger partial charge on any atom is 0.138 e. The fraction of sp³-hybridized carbons (Fsp3) is 0. The van der Waals surface area contributed by atoms with E-state index >= 15 is 0 Å². The number of fused-ring (bicyclic) bond motifs is 9. The molecule has 4 aromatic heterocycles. The van der Waals surface area contributed by atoms with Gasteiger partial charge in [-0.2, -0.15) is 0 Å². The Balaban J connectivity index is 1.43. The summed E-state index contributed by atoms with van der Waals surface area (Å²) in [6, 6.07) is 49.6. The molecule has 216 valence electrons. The highest BCUT2D eigenvalue weighted by Gasteiger charge is 2.17. The van der Waals surface area contributed by atoms with Crippen molar-refractivity contribution in [3.63, 3.8) is 0 Å². The quantitative estimate of drug-likeness (QED) is 0.188. The monoisotopic (exact) mass is 587 g/mol. The highest BCUT2D eigenvalue weighted by molar-refractivity contribution is 6.16. The second-order valence-electron chi connectivity index (χ2n) is 11.8. The van der Waals surface area contributed by atoms with Crippen LogP contribution in [-0.4, -0.2) is 14.0 Å². The predicted molar refractivity (Wildman–Crippen MR) is 195 cm³/mol. The Morgan fingerprint density at radius 1 is 0.522 bits per heavy atom. The molecule has 0 fully saturated rings. The molecule has 3 heteroatoms. The van der Waals surface area contributed by atoms with E-state index in [-0.39, 0.29) is 0 Å². The van der Waals surface area contributed by atoms with Crippen molar-refractivity contribution in [2.75, 3.05) is 0 Å². The Morgan fingerprint density at radius 3 is 1.91 bits per heavy atom. The Labute approximate surface area is 265 Å². The molecule has 3 nitrogen and oxygen atoms in total. The zero-order chi connectivity index (χ0) is 30.8. The molecule has 0 N–H and O–H groups in total. The second kappa shape index (κ2) is 10.2. The summed E-state index contributed by atoms with van der Waals surface area (Å²) in [6.07, 6.45) is 3.88. The zero-order valence-electron chi connectivity index (χ0n) is 25.2. The standard InChI is InChI=1S/C43H29N3/c1-3-14-38-28(2)36-23-32-25-41-35-21-11-10-19-33(35)34-20-12-13-22-39(34)45(41)40(32)27-42(36)46(38)43-26-31(29-15-6-4-7-16-29)24-37(44-43)30-17-8-5-9-18-30/h3-27H,1-2H2/b38-14+. The molecule has 46 heavy (non-hydrogen) atoms. The molecule has 0 radical (unpaired) electrons. The lowest BCUT2D eigenvalue weighted by Crippen LogP contribution is -2.27. The summed E-state index contributed by atoms with van der Waals surface area (Å²) in [6.45, 7) is 8.66. The van der Waals surface area contributed by atoms with Gasteiger partial charge >= 0.3 is 0 Å². The number of aromatic nitrogens is 3. The molecule has 0 saturated heterocycles. The van der Waals surface area contributed by atoms with Crippen LogP contribution in [0.15, 0.2) is 152 Å². The third kappa shape index (κ3) is 3.89. The van der Waals surface area contributed by atoms with Crippen molar-refractivity contribution in [3.8, 4) is 28.2 Å². The van der Waals surface area contributed by atoms with E-state index in [0.717, 1.165) is 55.2 Å². The SMILES string of the molecule is C=C/C=c1\c(=C)c2cc3cc4c5ccccc5c5ccccc5n4c3cc2n1-c1cc(-c2ccccc2)cc(-c2ccccc2)n1. The minimum absolute atomic E-state index is 0.837. The Bertz CT molecular complexity index is 2710. The maximum atomic E-state index is 5.30. The first-order valence-corrected chi connectivity index (χ1v) is 15.5. The van der Waals surface area contributed by atoms with Crippen LogP contribution in [0.3, 0.4) is 0 Å². The van der Waals surface area contributed by atoms with Crippen molar-refractivity contribution in [1.82, 2.24) is 14.0 Å². The van der Waals surface area contributed by atoms with Crippen molar-refractivity contribution < 1.29 is 0 Å². The van der Waals surface area contributed by atoms with Crippen molar-refractivity contribution in [2.45, 2.75) is 0 Å². The number of hydrogen-bond donors (Lipinski definition) is 0. The molecule has 9 rings (SSSR count). The van der Waals surface area contributed by atoms with Crippen molar-refractivity contribution >= 4 is 61.7 Å². The number of pyridine rings is 2. The van der Waals surface area contributed by atoms with Crippen LogP contribution in [0.25, 0.3) is 89.9 Å². The van der Waals surface area contributed by atoms with Gasteiger partial charge in [-0.1, -0.05) is 122 Å². The minimum Gasteiger partial charge on any atom is -0.309 e. The highest BCUT2D eigenvalue weighted by Crippen LogP contribution is 2.36. The van der Waals surface area contributed by atoms with E-state index in [4.69, 9.17) is 4.98 Å². The van der Waals surface area contributed by atoms with Crippen LogP contribution in [-0.2, 0) is 0 Å². The summed E-state index contributed by atoms with van der Waals surface area (Å²) in [5, 5.41) is 7.94. The van der Waals surface area contributed by atoms with E-state index in [1.54, 1.807) is 0 Å². The van der Waals surface area contributed by atoms with Crippen molar-refractivity contribution in [3.05, 3.63) is 163 Å². The average Bonchev–Trinajstić information content (AvgIpc) is 3.62. The van der Waals surface area contributed by atoms with E-state index in [9.17, 15) is 0 Å². The lowest BCUT2D eigenvalue weighted by molar-refractivity contribution is 1.01. The van der Waals surface area contributed by atoms with E-state index in [2.05, 4.69) is 156 Å². The molecule has 0 aliphatic carbocycles. The van der Waals surface area contributed by atoms with Gasteiger partial charge in [-0.15, -0.1) is 0 Å². The number of para-hydroxylation sites is 1. The molecule has 0 atom stereocenters. The van der Waals surface area contributed by atoms with Gasteiger partial charge in [-0.25, -0.2) is 4.98 Å². The molecule has 4 heterocycles. The summed E-state index contributed by atoms with van der Waals surface area (Å²) in [7, 11) is 0. The zero-order valence-corrected chi connectivity index (χ0v) is 25.2. The van der Waals surface area contributed by atoms with Gasteiger partial charge in [0, 0.05) is 32.3 Å². The smallest absolute Gasteiger partial charge is 0.138 e. The van der Waals surface area contributed by atoms with Gasteiger partial charge in [0.25, 0.3) is 0 Å². The van der Waals surface area contributed by atoms with Gasteiger partial charge in [-0.3, -0.25) is 4.57 Å². The molecule has 0 bridgehead atoms. The molecule has 0 spiro atoms. The molecular formula is C43H29N3. The van der Waals surface area contributed by atoms with Gasteiger partial charge in [-0.05, 0) is 59.0 Å². The van der Waals surface area contributed by atoms with Crippen LogP contribution >= 0.6 is 0 Å². The fourth-order valence-corrected chi connectivity index (χ4v) is 7.09. The number of hydrogen-bond acceptors (Lipinski definition) is 1. The van der Waals surface area contributed by atoms with Gasteiger partial charge in [0.05, 0.1) is 33.1 Å². The first-order valence-electron chi connectivity index (χ1n) is 15.5. The van der Waals surface area contributed by atoms with Crippen LogP contribution in [0.4, 0.5) is 0 Å². The van der Waals surface area contributed by atoms with E-state index in [1.807, 2.05) is 18.2 Å². The number of rotatable bonds is 4. The first kappa shape index (κ1) is 26.2. The summed E-state index contributed by atoms with van der Waals surface area (Å²) < 4.78 is 4.66. The van der Waals surface area contributed by atoms with Crippen LogP contribution in [0.2, 0.25) is 0 Å². The third-order valence-electron chi connectivity index (χ3n) is 9.17. The maximum absolute atomic E-state index is 5.30. The molecular weight excluding hydrogens is 558 g/mol. The van der Waals surface area contributed by atoms with Crippen LogP contribution < -0.4 is 10.6 Å². The number of nitrogens with zero attached hydrogens (tertiary/aromatic N) is 3. The third-order valence-corrected chi connectivity index (χ3v) is 9.17. The molecule has 9 aromatic rings. The second-order valence-corrected chi connectivity index (χ2v) is 11.8. The minimum atomic E-state index is 0.837. The molecule has 0 saturated carbocycles. The fourth-order valence-electron chi connectivity index (χ4n) is 7.09. The number of allylic oxidation sites excluding steroid dienone is 1. The van der Waals surface area contributed by atoms with E-state index in [1.165, 1.54) is 32.6 Å². The molecule has 0 amide bonds.